The second kappa shape index (κ2) is 7.34. The van der Waals surface area contributed by atoms with Crippen molar-refractivity contribution < 1.29 is 31.4 Å². The van der Waals surface area contributed by atoms with Gasteiger partial charge in [-0.2, -0.15) is 0 Å². The first-order chi connectivity index (χ1) is 13.1. The van der Waals surface area contributed by atoms with Crippen LogP contribution in [0.15, 0.2) is 36.4 Å². The van der Waals surface area contributed by atoms with E-state index in [0.29, 0.717) is 27.7 Å². The number of rotatable bonds is 6. The zero-order valence-electron chi connectivity index (χ0n) is 14.9. The van der Waals surface area contributed by atoms with Crippen LogP contribution in [0.3, 0.4) is 0 Å². The summed E-state index contributed by atoms with van der Waals surface area (Å²) in [4.78, 5) is 0. The fraction of sp³-hybridized carbons (Fsp3) is 0.333. The van der Waals surface area contributed by atoms with E-state index in [1.807, 2.05) is 0 Å². The summed E-state index contributed by atoms with van der Waals surface area (Å²) in [7, 11) is 1.41. The predicted octanol–water partition coefficient (Wildman–Crippen LogP) is 4.80. The van der Waals surface area contributed by atoms with Gasteiger partial charge in [-0.3, -0.25) is 0 Å². The lowest BCUT2D eigenvalue weighted by atomic mass is 9.99. The molecule has 0 unspecified atom stereocenters. The van der Waals surface area contributed by atoms with Crippen molar-refractivity contribution in [3.63, 3.8) is 0 Å². The van der Waals surface area contributed by atoms with Crippen molar-refractivity contribution in [1.82, 2.24) is 15.0 Å². The van der Waals surface area contributed by atoms with Crippen LogP contribution in [0.5, 0.6) is 5.75 Å². The Labute approximate surface area is 156 Å². The quantitative estimate of drug-likeness (QED) is 0.557. The fourth-order valence-corrected chi connectivity index (χ4v) is 2.84. The molecule has 0 aliphatic rings. The van der Waals surface area contributed by atoms with Crippen molar-refractivity contribution in [3.8, 4) is 16.9 Å². The number of benzene rings is 2. The number of halogens is 5. The molecule has 150 valence electrons. The molecule has 0 saturated heterocycles. The van der Waals surface area contributed by atoms with E-state index in [2.05, 4.69) is 15.0 Å². The lowest BCUT2D eigenvalue weighted by molar-refractivity contribution is -0.274. The minimum absolute atomic E-state index is 0.0347. The Morgan fingerprint density at radius 1 is 1.04 bits per heavy atom. The van der Waals surface area contributed by atoms with E-state index in [1.165, 1.54) is 25.3 Å². The average molecular weight is 401 g/mol. The van der Waals surface area contributed by atoms with Gasteiger partial charge < -0.3 is 9.47 Å². The van der Waals surface area contributed by atoms with Crippen LogP contribution in [-0.2, 0) is 17.9 Å². The smallest absolute Gasteiger partial charge is 0.406 e. The molecule has 0 saturated carbocycles. The zero-order valence-corrected chi connectivity index (χ0v) is 14.9. The Hall–Kier alpha value is -2.75. The molecule has 28 heavy (non-hydrogen) atoms. The largest absolute Gasteiger partial charge is 0.573 e. The molecule has 0 bridgehead atoms. The Kier molecular flexibility index (Phi) is 5.24. The van der Waals surface area contributed by atoms with E-state index in [9.17, 15) is 22.0 Å². The number of ether oxygens (including phenoxy) is 2. The third-order valence-electron chi connectivity index (χ3n) is 3.86. The van der Waals surface area contributed by atoms with Crippen molar-refractivity contribution in [2.45, 2.75) is 32.4 Å². The number of alkyl halides is 5. The van der Waals surface area contributed by atoms with Crippen LogP contribution in [0, 0.1) is 0 Å². The van der Waals surface area contributed by atoms with Crippen molar-refractivity contribution in [3.05, 3.63) is 42.0 Å². The number of hydrogen-bond acceptors (Lipinski definition) is 4. The minimum atomic E-state index is -4.81. The highest BCUT2D eigenvalue weighted by Crippen LogP contribution is 2.32. The van der Waals surface area contributed by atoms with Crippen molar-refractivity contribution >= 4 is 11.0 Å². The standard InChI is InChI=1S/C18H16F5N3O2/c1-17(19,20)10-26-16-8-11(3-6-15(16)24-25-26)14-5-4-13(28-18(21,22)23)7-12(14)9-27-2/h3-8H,9-10H2,1-2H3. The van der Waals surface area contributed by atoms with Crippen LogP contribution in [0.25, 0.3) is 22.2 Å². The SMILES string of the molecule is COCc1cc(OC(F)(F)F)ccc1-c1ccc2nnn(CC(C)(F)F)c2c1. The molecular formula is C18H16F5N3O2. The summed E-state index contributed by atoms with van der Waals surface area (Å²) in [5.41, 5.74) is 2.44. The highest BCUT2D eigenvalue weighted by atomic mass is 19.4. The molecule has 2 aromatic carbocycles. The molecule has 0 atom stereocenters. The molecule has 0 N–H and O–H groups in total. The molecule has 5 nitrogen and oxygen atoms in total. The van der Waals surface area contributed by atoms with Gasteiger partial charge in [0.2, 0.25) is 0 Å². The van der Waals surface area contributed by atoms with Gasteiger partial charge in [0.05, 0.1) is 12.1 Å². The summed E-state index contributed by atoms with van der Waals surface area (Å²) in [6.07, 6.45) is -4.81. The molecule has 0 aliphatic carbocycles. The van der Waals surface area contributed by atoms with Gasteiger partial charge in [0.1, 0.15) is 17.8 Å². The monoisotopic (exact) mass is 401 g/mol. The molecule has 3 aromatic rings. The van der Waals surface area contributed by atoms with Gasteiger partial charge in [0, 0.05) is 14.0 Å². The van der Waals surface area contributed by atoms with Gasteiger partial charge in [0.15, 0.2) is 0 Å². The van der Waals surface area contributed by atoms with E-state index >= 15 is 0 Å². The summed E-state index contributed by atoms with van der Waals surface area (Å²) in [5, 5.41) is 7.61. The van der Waals surface area contributed by atoms with Crippen LogP contribution >= 0.6 is 0 Å². The van der Waals surface area contributed by atoms with E-state index in [-0.39, 0.29) is 12.4 Å². The summed E-state index contributed by atoms with van der Waals surface area (Å²) in [6.45, 7) is 0.170. The van der Waals surface area contributed by atoms with Crippen LogP contribution < -0.4 is 4.74 Å². The molecule has 1 aromatic heterocycles. The first kappa shape index (κ1) is 20.0. The summed E-state index contributed by atoms with van der Waals surface area (Å²) in [5.74, 6) is -3.35. The number of nitrogens with zero attached hydrogens (tertiary/aromatic N) is 3. The van der Waals surface area contributed by atoms with Crippen LogP contribution in [-0.4, -0.2) is 34.4 Å². The molecule has 0 aliphatic heterocycles. The normalized spacial score (nSPS) is 12.5. The lowest BCUT2D eigenvalue weighted by Gasteiger charge is -2.14. The Bertz CT molecular complexity index is 979. The second-order valence-electron chi connectivity index (χ2n) is 6.32. The average Bonchev–Trinajstić information content (AvgIpc) is 2.94. The molecule has 1 heterocycles. The van der Waals surface area contributed by atoms with Gasteiger partial charge in [-0.15, -0.1) is 18.3 Å². The molecule has 10 heteroatoms. The van der Waals surface area contributed by atoms with Gasteiger partial charge in [-0.05, 0) is 41.0 Å². The summed E-state index contributed by atoms with van der Waals surface area (Å²) in [6, 6.07) is 8.77. The number of aromatic nitrogens is 3. The maximum absolute atomic E-state index is 13.4. The maximum Gasteiger partial charge on any atom is 0.573 e. The maximum atomic E-state index is 13.4. The Morgan fingerprint density at radius 3 is 2.43 bits per heavy atom. The third-order valence-corrected chi connectivity index (χ3v) is 3.86. The van der Waals surface area contributed by atoms with Crippen LogP contribution in [0.4, 0.5) is 22.0 Å². The fourth-order valence-electron chi connectivity index (χ4n) is 2.84. The van der Waals surface area contributed by atoms with Gasteiger partial charge in [0.25, 0.3) is 5.92 Å². The summed E-state index contributed by atoms with van der Waals surface area (Å²) >= 11 is 0. The van der Waals surface area contributed by atoms with Gasteiger partial charge >= 0.3 is 6.36 Å². The third kappa shape index (κ3) is 4.75. The van der Waals surface area contributed by atoms with Crippen LogP contribution in [0.1, 0.15) is 12.5 Å². The molecule has 0 radical (unpaired) electrons. The van der Waals surface area contributed by atoms with E-state index in [1.54, 1.807) is 18.2 Å². The predicted molar refractivity (Wildman–Crippen MR) is 91.0 cm³/mol. The van der Waals surface area contributed by atoms with Crippen molar-refractivity contribution in [1.29, 1.82) is 0 Å². The first-order valence-electron chi connectivity index (χ1n) is 8.15. The van der Waals surface area contributed by atoms with E-state index < -0.39 is 18.8 Å². The minimum Gasteiger partial charge on any atom is -0.406 e. The number of hydrogen-bond donors (Lipinski definition) is 0. The van der Waals surface area contributed by atoms with Crippen LogP contribution in [0.2, 0.25) is 0 Å². The molecule has 0 amide bonds. The first-order valence-corrected chi connectivity index (χ1v) is 8.15. The van der Waals surface area contributed by atoms with E-state index in [4.69, 9.17) is 4.74 Å². The summed E-state index contributed by atoms with van der Waals surface area (Å²) < 4.78 is 74.3. The van der Waals surface area contributed by atoms with Gasteiger partial charge in [-0.1, -0.05) is 17.3 Å². The number of fused-ring (bicyclic) bond motifs is 1. The molecule has 3 rings (SSSR count). The Morgan fingerprint density at radius 2 is 1.79 bits per heavy atom. The lowest BCUT2D eigenvalue weighted by Crippen LogP contribution is -2.20. The van der Waals surface area contributed by atoms with E-state index in [0.717, 1.165) is 11.6 Å². The second-order valence-corrected chi connectivity index (χ2v) is 6.32. The van der Waals surface area contributed by atoms with Crippen molar-refractivity contribution in [2.75, 3.05) is 7.11 Å². The highest BCUT2D eigenvalue weighted by molar-refractivity contribution is 5.82. The molecule has 0 fully saturated rings. The number of methoxy groups -OCH3 is 1. The Balaban J connectivity index is 2.04. The topological polar surface area (TPSA) is 49.2 Å². The van der Waals surface area contributed by atoms with Gasteiger partial charge in [-0.25, -0.2) is 13.5 Å². The van der Waals surface area contributed by atoms with Crippen molar-refractivity contribution in [2.24, 2.45) is 0 Å². The highest BCUT2D eigenvalue weighted by Gasteiger charge is 2.31. The molecular weight excluding hydrogens is 385 g/mol. The zero-order chi connectivity index (χ0) is 20.5. The molecule has 0 spiro atoms.